The van der Waals surface area contributed by atoms with E-state index in [1.165, 1.54) is 6.07 Å². The Labute approximate surface area is 158 Å². The number of para-hydroxylation sites is 2. The predicted octanol–water partition coefficient (Wildman–Crippen LogP) is 4.59. The van der Waals surface area contributed by atoms with E-state index in [0.29, 0.717) is 25.1 Å². The molecule has 0 radical (unpaired) electrons. The van der Waals surface area contributed by atoms with Crippen LogP contribution in [0.25, 0.3) is 0 Å². The number of hydrogen-bond acceptors (Lipinski definition) is 5. The van der Waals surface area contributed by atoms with Crippen LogP contribution in [0.15, 0.2) is 48.3 Å². The molecule has 1 aromatic rings. The summed E-state index contributed by atoms with van der Waals surface area (Å²) in [5, 5.41) is 11.2. The van der Waals surface area contributed by atoms with E-state index in [0.717, 1.165) is 19.3 Å². The number of nitro benzene ring substituents is 1. The molecule has 1 aliphatic heterocycles. The van der Waals surface area contributed by atoms with Gasteiger partial charge in [0, 0.05) is 31.5 Å². The molecule has 2 unspecified atom stereocenters. The molecule has 1 saturated heterocycles. The number of ether oxygens (including phenoxy) is 2. The number of carbonyl (C=O) groups is 1. The summed E-state index contributed by atoms with van der Waals surface area (Å²) in [4.78, 5) is 25.0. The molecule has 3 rings (SSSR count). The molecular formula is C20H24N2O5. The van der Waals surface area contributed by atoms with Gasteiger partial charge in [-0.05, 0) is 37.5 Å². The molecule has 0 spiro atoms. The highest BCUT2D eigenvalue weighted by Crippen LogP contribution is 2.31. The lowest BCUT2D eigenvalue weighted by Gasteiger charge is -2.38. The number of likely N-dealkylation sites (tertiary alicyclic amines) is 1. The summed E-state index contributed by atoms with van der Waals surface area (Å²) in [6.07, 6.45) is 9.05. The van der Waals surface area contributed by atoms with Gasteiger partial charge in [0.25, 0.3) is 0 Å². The van der Waals surface area contributed by atoms with E-state index in [1.807, 2.05) is 25.2 Å². The second-order valence-corrected chi connectivity index (χ2v) is 6.70. The Hall–Kier alpha value is -2.83. The monoisotopic (exact) mass is 372 g/mol. The van der Waals surface area contributed by atoms with Crippen molar-refractivity contribution in [3.8, 4) is 5.75 Å². The number of benzene rings is 1. The molecule has 144 valence electrons. The van der Waals surface area contributed by atoms with Crippen LogP contribution in [0.3, 0.4) is 0 Å². The van der Waals surface area contributed by atoms with E-state index in [1.54, 1.807) is 23.1 Å². The van der Waals surface area contributed by atoms with Crippen molar-refractivity contribution >= 4 is 11.8 Å². The van der Waals surface area contributed by atoms with Crippen molar-refractivity contribution in [2.75, 3.05) is 6.54 Å². The van der Waals surface area contributed by atoms with E-state index in [9.17, 15) is 14.9 Å². The van der Waals surface area contributed by atoms with Gasteiger partial charge in [-0.2, -0.15) is 0 Å². The lowest BCUT2D eigenvalue weighted by atomic mass is 9.97. The van der Waals surface area contributed by atoms with Gasteiger partial charge in [0.2, 0.25) is 0 Å². The quantitative estimate of drug-likeness (QED) is 0.558. The van der Waals surface area contributed by atoms with E-state index in [-0.39, 0.29) is 29.7 Å². The minimum absolute atomic E-state index is 0.0211. The van der Waals surface area contributed by atoms with Crippen molar-refractivity contribution in [3.05, 3.63) is 58.4 Å². The minimum atomic E-state index is -0.440. The molecule has 0 saturated carbocycles. The maximum atomic E-state index is 12.5. The molecule has 0 N–H and O–H groups in total. The van der Waals surface area contributed by atoms with Crippen molar-refractivity contribution in [1.82, 2.24) is 4.90 Å². The number of rotatable bonds is 5. The number of amides is 1. The van der Waals surface area contributed by atoms with Crippen LogP contribution in [-0.2, 0) is 4.74 Å². The van der Waals surface area contributed by atoms with Crippen molar-refractivity contribution in [1.29, 1.82) is 0 Å². The number of nitrogens with zero attached hydrogens (tertiary/aromatic N) is 2. The smallest absolute Gasteiger partial charge is 0.415 e. The Kier molecular flexibility index (Phi) is 6.11. The van der Waals surface area contributed by atoms with Crippen LogP contribution in [0.5, 0.6) is 5.75 Å². The van der Waals surface area contributed by atoms with Gasteiger partial charge in [0.1, 0.15) is 11.9 Å². The maximum Gasteiger partial charge on any atom is 0.415 e. The molecule has 0 bridgehead atoms. The molecule has 1 heterocycles. The molecular weight excluding hydrogens is 348 g/mol. The summed E-state index contributed by atoms with van der Waals surface area (Å²) in [7, 11) is 0. The summed E-state index contributed by atoms with van der Waals surface area (Å²) in [5.74, 6) is 0.871. The first-order valence-electron chi connectivity index (χ1n) is 9.33. The molecule has 7 heteroatoms. The maximum absolute atomic E-state index is 12.5. The molecule has 1 aliphatic carbocycles. The van der Waals surface area contributed by atoms with Gasteiger partial charge in [-0.3, -0.25) is 10.1 Å². The lowest BCUT2D eigenvalue weighted by molar-refractivity contribution is -0.386. The van der Waals surface area contributed by atoms with Gasteiger partial charge in [-0.1, -0.05) is 25.1 Å². The first kappa shape index (κ1) is 18.9. The first-order valence-corrected chi connectivity index (χ1v) is 9.33. The highest BCUT2D eigenvalue weighted by Gasteiger charge is 2.33. The van der Waals surface area contributed by atoms with Gasteiger partial charge in [0.05, 0.1) is 4.92 Å². The van der Waals surface area contributed by atoms with Crippen LogP contribution >= 0.6 is 0 Å². The zero-order valence-electron chi connectivity index (χ0n) is 15.4. The third-order valence-corrected chi connectivity index (χ3v) is 4.90. The number of piperidine rings is 1. The van der Waals surface area contributed by atoms with E-state index < -0.39 is 4.92 Å². The van der Waals surface area contributed by atoms with Crippen molar-refractivity contribution in [3.63, 3.8) is 0 Å². The Morgan fingerprint density at radius 1 is 1.33 bits per heavy atom. The average Bonchev–Trinajstić information content (AvgIpc) is 2.68. The summed E-state index contributed by atoms with van der Waals surface area (Å²) >= 11 is 0. The lowest BCUT2D eigenvalue weighted by Crippen LogP contribution is -2.48. The highest BCUT2D eigenvalue weighted by molar-refractivity contribution is 5.70. The zero-order chi connectivity index (χ0) is 19.2. The van der Waals surface area contributed by atoms with Gasteiger partial charge in [-0.15, -0.1) is 0 Å². The minimum Gasteiger partial charge on any atom is -0.483 e. The van der Waals surface area contributed by atoms with Gasteiger partial charge in [0.15, 0.2) is 5.75 Å². The first-order chi connectivity index (χ1) is 13.1. The van der Waals surface area contributed by atoms with E-state index >= 15 is 0 Å². The van der Waals surface area contributed by atoms with Crippen LogP contribution in [-0.4, -0.2) is 34.6 Å². The molecule has 2 aliphatic rings. The number of hydrogen-bond donors (Lipinski definition) is 0. The van der Waals surface area contributed by atoms with Crippen molar-refractivity contribution in [2.45, 2.75) is 51.2 Å². The normalized spacial score (nSPS) is 22.1. The van der Waals surface area contributed by atoms with Crippen LogP contribution < -0.4 is 4.74 Å². The Morgan fingerprint density at radius 3 is 2.85 bits per heavy atom. The fraction of sp³-hybridized carbons (Fsp3) is 0.450. The Morgan fingerprint density at radius 2 is 2.15 bits per heavy atom. The molecule has 2 atom stereocenters. The third-order valence-electron chi connectivity index (χ3n) is 4.90. The second kappa shape index (κ2) is 8.70. The summed E-state index contributed by atoms with van der Waals surface area (Å²) in [6, 6.07) is 6.36. The molecule has 7 nitrogen and oxygen atoms in total. The third kappa shape index (κ3) is 4.67. The fourth-order valence-corrected chi connectivity index (χ4v) is 3.46. The molecule has 0 aromatic heterocycles. The molecule has 1 aromatic carbocycles. The zero-order valence-corrected chi connectivity index (χ0v) is 15.4. The van der Waals surface area contributed by atoms with Crippen LogP contribution in [0.2, 0.25) is 0 Å². The molecule has 1 amide bonds. The highest BCUT2D eigenvalue weighted by atomic mass is 16.6. The molecule has 27 heavy (non-hydrogen) atoms. The van der Waals surface area contributed by atoms with Crippen molar-refractivity contribution in [2.24, 2.45) is 0 Å². The van der Waals surface area contributed by atoms with Gasteiger partial charge < -0.3 is 14.4 Å². The van der Waals surface area contributed by atoms with E-state index in [2.05, 4.69) is 0 Å². The largest absolute Gasteiger partial charge is 0.483 e. The van der Waals surface area contributed by atoms with E-state index in [4.69, 9.17) is 9.47 Å². The Balaban J connectivity index is 1.63. The van der Waals surface area contributed by atoms with Crippen LogP contribution in [0.1, 0.15) is 39.0 Å². The summed E-state index contributed by atoms with van der Waals surface area (Å²) in [5.41, 5.74) is -0.0385. The summed E-state index contributed by atoms with van der Waals surface area (Å²) < 4.78 is 11.4. The Bertz CT molecular complexity index is 758. The second-order valence-electron chi connectivity index (χ2n) is 6.70. The van der Waals surface area contributed by atoms with Gasteiger partial charge >= 0.3 is 11.8 Å². The average molecular weight is 372 g/mol. The number of allylic oxidation sites excluding steroid dienone is 3. The number of nitro groups is 1. The topological polar surface area (TPSA) is 81.9 Å². The standard InChI is InChI=1S/C20H24N2O5/c1-2-15-14-17(26-19-11-7-6-10-18(19)22(24)25)12-13-21(15)20(23)27-16-8-4-3-5-9-16/h4,6-11,15,17H,2-3,5,12-14H2,1H3. The van der Waals surface area contributed by atoms with Crippen LogP contribution in [0, 0.1) is 10.1 Å². The molecule has 1 fully saturated rings. The number of carbonyl (C=O) groups excluding carboxylic acids is 1. The van der Waals surface area contributed by atoms with Crippen LogP contribution in [0.4, 0.5) is 10.5 Å². The summed E-state index contributed by atoms with van der Waals surface area (Å²) in [6.45, 7) is 2.51. The predicted molar refractivity (Wildman–Crippen MR) is 100 cm³/mol. The SMILES string of the molecule is CCC1CC(Oc2ccccc2[N+](=O)[O-])CCN1C(=O)OC1=CCCC=C1. The fourth-order valence-electron chi connectivity index (χ4n) is 3.46. The van der Waals surface area contributed by atoms with Crippen molar-refractivity contribution < 1.29 is 19.2 Å². The van der Waals surface area contributed by atoms with Gasteiger partial charge in [-0.25, -0.2) is 4.79 Å².